The first-order valence-corrected chi connectivity index (χ1v) is 6.12. The van der Waals surface area contributed by atoms with Crippen molar-refractivity contribution in [2.24, 2.45) is 0 Å². The number of alkyl halides is 1. The van der Waals surface area contributed by atoms with Crippen molar-refractivity contribution >= 4 is 52.3 Å². The SMILES string of the molecule is BrC/C(Br)=C(\Br)c1ccccc1. The summed E-state index contributed by atoms with van der Waals surface area (Å²) < 4.78 is 2.22. The highest BCUT2D eigenvalue weighted by Gasteiger charge is 2.00. The molecule has 0 heterocycles. The van der Waals surface area contributed by atoms with E-state index in [1.165, 1.54) is 5.56 Å². The fourth-order valence-corrected chi connectivity index (χ4v) is 2.09. The average Bonchev–Trinajstić information content (AvgIpc) is 2.17. The van der Waals surface area contributed by atoms with Crippen LogP contribution in [0.3, 0.4) is 0 Å². The molecule has 0 fully saturated rings. The van der Waals surface area contributed by atoms with Crippen molar-refractivity contribution in [1.29, 1.82) is 0 Å². The molecular formula is C9H7Br3. The van der Waals surface area contributed by atoms with Crippen LogP contribution in [-0.2, 0) is 0 Å². The molecule has 0 bridgehead atoms. The predicted molar refractivity (Wildman–Crippen MR) is 65.0 cm³/mol. The number of rotatable bonds is 2. The zero-order valence-corrected chi connectivity index (χ0v) is 11.0. The zero-order valence-electron chi connectivity index (χ0n) is 6.23. The van der Waals surface area contributed by atoms with Crippen LogP contribution in [-0.4, -0.2) is 5.33 Å². The van der Waals surface area contributed by atoms with Gasteiger partial charge in [0.2, 0.25) is 0 Å². The second-order valence-electron chi connectivity index (χ2n) is 2.22. The monoisotopic (exact) mass is 352 g/mol. The van der Waals surface area contributed by atoms with Gasteiger partial charge in [0, 0.05) is 14.3 Å². The van der Waals surface area contributed by atoms with Crippen LogP contribution in [0.4, 0.5) is 0 Å². The van der Waals surface area contributed by atoms with Crippen LogP contribution in [0.15, 0.2) is 34.8 Å². The van der Waals surface area contributed by atoms with Crippen molar-refractivity contribution in [3.05, 3.63) is 40.4 Å². The molecule has 12 heavy (non-hydrogen) atoms. The van der Waals surface area contributed by atoms with E-state index in [0.717, 1.165) is 14.3 Å². The number of halogens is 3. The summed E-state index contributed by atoms with van der Waals surface area (Å²) in [5.74, 6) is 0. The number of hydrogen-bond donors (Lipinski definition) is 0. The molecule has 0 radical (unpaired) electrons. The third kappa shape index (κ3) is 2.71. The maximum Gasteiger partial charge on any atom is 0.0360 e. The molecule has 64 valence electrons. The molecule has 0 nitrogen and oxygen atoms in total. The molecule has 0 aromatic heterocycles. The molecule has 0 aliphatic carbocycles. The first-order valence-electron chi connectivity index (χ1n) is 3.41. The van der Waals surface area contributed by atoms with Gasteiger partial charge < -0.3 is 0 Å². The molecule has 0 atom stereocenters. The van der Waals surface area contributed by atoms with E-state index < -0.39 is 0 Å². The molecule has 0 aliphatic heterocycles. The second kappa shape index (κ2) is 5.20. The van der Waals surface area contributed by atoms with Gasteiger partial charge in [-0.05, 0) is 21.5 Å². The van der Waals surface area contributed by atoms with Gasteiger partial charge in [-0.1, -0.05) is 62.2 Å². The first-order chi connectivity index (χ1) is 5.75. The number of allylic oxidation sites excluding steroid dienone is 1. The first kappa shape index (κ1) is 10.5. The Morgan fingerprint density at radius 2 is 1.67 bits per heavy atom. The van der Waals surface area contributed by atoms with Crippen molar-refractivity contribution in [3.63, 3.8) is 0 Å². The van der Waals surface area contributed by atoms with Crippen LogP contribution in [0.2, 0.25) is 0 Å². The maximum absolute atomic E-state index is 3.51. The fraction of sp³-hybridized carbons (Fsp3) is 0.111. The summed E-state index contributed by atoms with van der Waals surface area (Å²) in [5.41, 5.74) is 1.18. The predicted octanol–water partition coefficient (Wildman–Crippen LogP) is 4.54. The Balaban J connectivity index is 3.00. The summed E-state index contributed by atoms with van der Waals surface area (Å²) in [5, 5.41) is 0.822. The summed E-state index contributed by atoms with van der Waals surface area (Å²) in [6.07, 6.45) is 0. The Morgan fingerprint density at radius 3 is 2.17 bits per heavy atom. The van der Waals surface area contributed by atoms with Gasteiger partial charge in [-0.3, -0.25) is 0 Å². The lowest BCUT2D eigenvalue weighted by molar-refractivity contribution is 1.64. The molecule has 1 aromatic carbocycles. The van der Waals surface area contributed by atoms with Crippen LogP contribution < -0.4 is 0 Å². The molecule has 1 aromatic rings. The summed E-state index contributed by atoms with van der Waals surface area (Å²) in [6, 6.07) is 10.2. The number of benzene rings is 1. The minimum atomic E-state index is 0.822. The van der Waals surface area contributed by atoms with E-state index in [9.17, 15) is 0 Å². The van der Waals surface area contributed by atoms with Crippen molar-refractivity contribution in [1.82, 2.24) is 0 Å². The van der Waals surface area contributed by atoms with Gasteiger partial charge in [0.25, 0.3) is 0 Å². The van der Waals surface area contributed by atoms with Gasteiger partial charge in [0.1, 0.15) is 0 Å². The van der Waals surface area contributed by atoms with E-state index in [1.807, 2.05) is 18.2 Å². The summed E-state index contributed by atoms with van der Waals surface area (Å²) >= 11 is 10.4. The molecule has 0 spiro atoms. The minimum absolute atomic E-state index is 0.822. The molecule has 0 aliphatic rings. The molecule has 3 heteroatoms. The molecule has 0 saturated carbocycles. The highest BCUT2D eigenvalue weighted by Crippen LogP contribution is 2.29. The smallest absolute Gasteiger partial charge is 0.0360 e. The van der Waals surface area contributed by atoms with Crippen molar-refractivity contribution < 1.29 is 0 Å². The zero-order chi connectivity index (χ0) is 8.97. The van der Waals surface area contributed by atoms with E-state index in [2.05, 4.69) is 59.9 Å². The lowest BCUT2D eigenvalue weighted by Crippen LogP contribution is -1.79. The van der Waals surface area contributed by atoms with E-state index in [0.29, 0.717) is 0 Å². The van der Waals surface area contributed by atoms with Gasteiger partial charge in [0.05, 0.1) is 0 Å². The van der Waals surface area contributed by atoms with Gasteiger partial charge in [-0.2, -0.15) is 0 Å². The van der Waals surface area contributed by atoms with Crippen LogP contribution in [0.1, 0.15) is 5.56 Å². The minimum Gasteiger partial charge on any atom is -0.0870 e. The summed E-state index contributed by atoms with van der Waals surface area (Å²) in [7, 11) is 0. The third-order valence-corrected chi connectivity index (χ3v) is 4.84. The highest BCUT2D eigenvalue weighted by molar-refractivity contribution is 9.17. The van der Waals surface area contributed by atoms with Gasteiger partial charge in [-0.25, -0.2) is 0 Å². The third-order valence-electron chi connectivity index (χ3n) is 1.38. The summed E-state index contributed by atoms with van der Waals surface area (Å²) in [6.45, 7) is 0. The normalized spacial score (nSPS) is 12.6. The van der Waals surface area contributed by atoms with E-state index >= 15 is 0 Å². The standard InChI is InChI=1S/C9H7Br3/c10-6-8(11)9(12)7-4-2-1-3-5-7/h1-5H,6H2/b9-8+. The van der Waals surface area contributed by atoms with E-state index in [-0.39, 0.29) is 0 Å². The maximum atomic E-state index is 3.51. The lowest BCUT2D eigenvalue weighted by atomic mass is 10.2. The Morgan fingerprint density at radius 1 is 1.08 bits per heavy atom. The van der Waals surface area contributed by atoms with Crippen LogP contribution in [0.25, 0.3) is 4.48 Å². The van der Waals surface area contributed by atoms with E-state index in [4.69, 9.17) is 0 Å². The van der Waals surface area contributed by atoms with Crippen molar-refractivity contribution in [2.75, 3.05) is 5.33 Å². The van der Waals surface area contributed by atoms with Crippen molar-refractivity contribution in [2.45, 2.75) is 0 Å². The second-order valence-corrected chi connectivity index (χ2v) is 4.53. The average molecular weight is 355 g/mol. The Bertz CT molecular complexity index is 277. The largest absolute Gasteiger partial charge is 0.0870 e. The van der Waals surface area contributed by atoms with Gasteiger partial charge in [-0.15, -0.1) is 0 Å². The van der Waals surface area contributed by atoms with Crippen LogP contribution >= 0.6 is 47.8 Å². The molecule has 0 N–H and O–H groups in total. The van der Waals surface area contributed by atoms with Gasteiger partial charge >= 0.3 is 0 Å². The topological polar surface area (TPSA) is 0 Å². The van der Waals surface area contributed by atoms with Crippen LogP contribution in [0.5, 0.6) is 0 Å². The molecule has 0 saturated heterocycles. The summed E-state index contributed by atoms with van der Waals surface area (Å²) in [4.78, 5) is 0. The quantitative estimate of drug-likeness (QED) is 0.684. The lowest BCUT2D eigenvalue weighted by Gasteiger charge is -2.00. The molecule has 0 amide bonds. The number of hydrogen-bond acceptors (Lipinski definition) is 0. The van der Waals surface area contributed by atoms with Crippen molar-refractivity contribution in [3.8, 4) is 0 Å². The molecular weight excluding hydrogens is 348 g/mol. The van der Waals surface area contributed by atoms with Gasteiger partial charge in [0.15, 0.2) is 0 Å². The molecule has 1 rings (SSSR count). The highest BCUT2D eigenvalue weighted by atomic mass is 79.9. The Labute approximate surface area is 97.4 Å². The van der Waals surface area contributed by atoms with E-state index in [1.54, 1.807) is 0 Å². The fourth-order valence-electron chi connectivity index (χ4n) is 0.800. The Hall–Kier alpha value is 0.400. The Kier molecular flexibility index (Phi) is 4.54. The molecule has 0 unspecified atom stereocenters. The van der Waals surface area contributed by atoms with Crippen LogP contribution in [0, 0.1) is 0 Å².